The summed E-state index contributed by atoms with van der Waals surface area (Å²) in [6.45, 7) is 4.99. The fraction of sp³-hybridized carbons (Fsp3) is 0.467. The number of imide groups is 1. The maximum Gasteiger partial charge on any atom is 0.417 e. The number of amides is 2. The summed E-state index contributed by atoms with van der Waals surface area (Å²) in [7, 11) is -4.11. The summed E-state index contributed by atoms with van der Waals surface area (Å²) in [5.41, 5.74) is 6.42. The lowest BCUT2D eigenvalue weighted by atomic mass is 9.84. The third-order valence-electron chi connectivity index (χ3n) is 6.92. The van der Waals surface area contributed by atoms with Gasteiger partial charge in [0.05, 0.1) is 6.04 Å². The molecule has 3 rings (SSSR count). The monoisotopic (exact) mass is 602 g/mol. The highest BCUT2D eigenvalue weighted by Gasteiger charge is 2.46. The first kappa shape index (κ1) is 33.0. The van der Waals surface area contributed by atoms with Gasteiger partial charge < -0.3 is 25.2 Å². The minimum absolute atomic E-state index is 0.0952. The molecule has 1 aliphatic heterocycles. The second kappa shape index (κ2) is 14.1. The number of carboxylic acids is 1. The summed E-state index contributed by atoms with van der Waals surface area (Å²) < 4.78 is 23.9. The van der Waals surface area contributed by atoms with Crippen LogP contribution in [0.1, 0.15) is 57.1 Å². The van der Waals surface area contributed by atoms with E-state index in [1.165, 1.54) is 0 Å². The van der Waals surface area contributed by atoms with Crippen LogP contribution in [0.25, 0.3) is 0 Å². The largest absolute Gasteiger partial charge is 0.480 e. The zero-order valence-electron chi connectivity index (χ0n) is 24.0. The number of hydrogen-bond acceptors (Lipinski definition) is 8. The Hall–Kier alpha value is -3.53. The van der Waals surface area contributed by atoms with Crippen molar-refractivity contribution in [2.75, 3.05) is 18.9 Å². The number of ether oxygens (including phenoxy) is 2. The number of esters is 1. The Morgan fingerprint density at radius 2 is 1.60 bits per heavy atom. The molecule has 11 nitrogen and oxygen atoms in total. The Labute approximate surface area is 245 Å². The lowest BCUT2D eigenvalue weighted by molar-refractivity contribution is -0.155. The highest BCUT2D eigenvalue weighted by atomic mass is 31.2. The lowest BCUT2D eigenvalue weighted by Crippen LogP contribution is -2.46. The number of carbonyl (C=O) groups excluding carboxylic acids is 3. The van der Waals surface area contributed by atoms with Gasteiger partial charge in [-0.05, 0) is 44.7 Å². The van der Waals surface area contributed by atoms with Crippen molar-refractivity contribution in [3.05, 3.63) is 71.8 Å². The Balaban J connectivity index is 1.94. The molecule has 0 aromatic heterocycles. The van der Waals surface area contributed by atoms with E-state index in [0.29, 0.717) is 0 Å². The molecule has 2 amide bonds. The summed E-state index contributed by atoms with van der Waals surface area (Å²) in [4.78, 5) is 62.5. The first-order valence-electron chi connectivity index (χ1n) is 13.8. The predicted octanol–water partition coefficient (Wildman–Crippen LogP) is 3.98. The summed E-state index contributed by atoms with van der Waals surface area (Å²) in [6.07, 6.45) is -2.59. The minimum atomic E-state index is -4.11. The highest BCUT2D eigenvalue weighted by Crippen LogP contribution is 2.45. The van der Waals surface area contributed by atoms with Gasteiger partial charge in [-0.25, -0.2) is 9.69 Å². The maximum absolute atomic E-state index is 14.1. The molecule has 12 heteroatoms. The van der Waals surface area contributed by atoms with Crippen LogP contribution in [0.5, 0.6) is 0 Å². The fourth-order valence-corrected chi connectivity index (χ4v) is 6.86. The van der Waals surface area contributed by atoms with Crippen LogP contribution < -0.4 is 5.73 Å². The normalized spacial score (nSPS) is 18.2. The number of nitrogens with zero attached hydrogens (tertiary/aromatic N) is 1. The number of aliphatic carboxylic acids is 1. The van der Waals surface area contributed by atoms with Crippen molar-refractivity contribution in [1.29, 1.82) is 0 Å². The van der Waals surface area contributed by atoms with Gasteiger partial charge >= 0.3 is 18.0 Å². The summed E-state index contributed by atoms with van der Waals surface area (Å²) in [5.74, 6) is -4.35. The van der Waals surface area contributed by atoms with Gasteiger partial charge in [0.15, 0.2) is 0 Å². The topological polar surface area (TPSA) is 174 Å². The molecule has 2 aromatic rings. The molecule has 0 aliphatic carbocycles. The molecule has 0 bridgehead atoms. The number of carbonyl (C=O) groups is 4. The predicted molar refractivity (Wildman–Crippen MR) is 155 cm³/mol. The lowest BCUT2D eigenvalue weighted by Gasteiger charge is -2.31. The first-order chi connectivity index (χ1) is 19.7. The van der Waals surface area contributed by atoms with Gasteiger partial charge in [-0.15, -0.1) is 0 Å². The van der Waals surface area contributed by atoms with E-state index in [-0.39, 0.29) is 25.9 Å². The minimum Gasteiger partial charge on any atom is -0.480 e. The molecule has 1 fully saturated rings. The Morgan fingerprint density at radius 3 is 2.10 bits per heavy atom. The van der Waals surface area contributed by atoms with Gasteiger partial charge in [0, 0.05) is 30.6 Å². The second-order valence-corrected chi connectivity index (χ2v) is 14.0. The third kappa shape index (κ3) is 9.24. The third-order valence-corrected chi connectivity index (χ3v) is 8.89. The number of rotatable bonds is 13. The standard InChI is InChI=1S/C30H39N2O9P/c1-30(2,3)41-25(33)15-14-22(19-42(38,39)17-16-23(31)28(35)36)27(34)32-24(18-40-29(32)37)26(20-10-6-4-7-11-20)21-12-8-5-9-13-21/h4-13,22-24,26H,14-19,31H2,1-3H3,(H,35,36)(H,38,39)/t22-,23-,24+/m0/s1. The molecule has 228 valence electrons. The maximum atomic E-state index is 14.1. The van der Waals surface area contributed by atoms with Crippen LogP contribution >= 0.6 is 7.37 Å². The smallest absolute Gasteiger partial charge is 0.417 e. The van der Waals surface area contributed by atoms with Crippen molar-refractivity contribution in [3.63, 3.8) is 0 Å². The molecular formula is C30H39N2O9P. The molecule has 1 aliphatic rings. The molecule has 0 spiro atoms. The van der Waals surface area contributed by atoms with E-state index in [0.717, 1.165) is 16.0 Å². The summed E-state index contributed by atoms with van der Waals surface area (Å²) in [6, 6.07) is 16.5. The van der Waals surface area contributed by atoms with Gasteiger partial charge in [-0.1, -0.05) is 60.7 Å². The molecule has 1 heterocycles. The quantitative estimate of drug-likeness (QED) is 0.225. The van der Waals surface area contributed by atoms with Crippen molar-refractivity contribution in [2.45, 2.75) is 63.6 Å². The molecule has 4 atom stereocenters. The number of benzene rings is 2. The van der Waals surface area contributed by atoms with Crippen molar-refractivity contribution < 1.29 is 43.2 Å². The molecule has 4 N–H and O–H groups in total. The van der Waals surface area contributed by atoms with Gasteiger partial charge in [-0.3, -0.25) is 18.9 Å². The zero-order chi connectivity index (χ0) is 31.1. The zero-order valence-corrected chi connectivity index (χ0v) is 24.9. The molecule has 1 saturated heterocycles. The molecule has 0 radical (unpaired) electrons. The van der Waals surface area contributed by atoms with Crippen molar-refractivity contribution in [1.82, 2.24) is 4.90 Å². The van der Waals surface area contributed by atoms with Gasteiger partial charge in [0.25, 0.3) is 0 Å². The Morgan fingerprint density at radius 1 is 1.05 bits per heavy atom. The average molecular weight is 603 g/mol. The SMILES string of the molecule is CC(C)(C)OC(=O)CC[C@@H](CP(=O)(O)CC[C@H](N)C(=O)O)C(=O)N1C(=O)OC[C@@H]1C(c1ccccc1)c1ccccc1. The Bertz CT molecular complexity index is 1260. The molecule has 2 aromatic carbocycles. The number of nitrogens with two attached hydrogens (primary N) is 1. The van der Waals surface area contributed by atoms with Crippen LogP contribution in [0.2, 0.25) is 0 Å². The highest BCUT2D eigenvalue weighted by molar-refractivity contribution is 7.58. The number of cyclic esters (lactones) is 1. The van der Waals surface area contributed by atoms with Crippen molar-refractivity contribution >= 4 is 31.3 Å². The van der Waals surface area contributed by atoms with Gasteiger partial charge in [-0.2, -0.15) is 0 Å². The van der Waals surface area contributed by atoms with E-state index >= 15 is 0 Å². The molecule has 0 saturated carbocycles. The summed E-state index contributed by atoms with van der Waals surface area (Å²) in [5, 5.41) is 9.07. The van der Waals surface area contributed by atoms with Crippen LogP contribution in [0.3, 0.4) is 0 Å². The molecule has 1 unspecified atom stereocenters. The molecular weight excluding hydrogens is 563 g/mol. The average Bonchev–Trinajstić information content (AvgIpc) is 3.30. The van der Waals surface area contributed by atoms with Crippen LogP contribution in [0.15, 0.2) is 60.7 Å². The van der Waals surface area contributed by atoms with Crippen molar-refractivity contribution in [2.24, 2.45) is 11.7 Å². The Kier molecular flexibility index (Phi) is 11.1. The van der Waals surface area contributed by atoms with Gasteiger partial charge in [0.2, 0.25) is 13.3 Å². The summed E-state index contributed by atoms with van der Waals surface area (Å²) >= 11 is 0. The van der Waals surface area contributed by atoms with Crippen LogP contribution in [0, 0.1) is 5.92 Å². The molecule has 42 heavy (non-hydrogen) atoms. The fourth-order valence-electron chi connectivity index (χ4n) is 4.97. The van der Waals surface area contributed by atoms with E-state index in [1.807, 2.05) is 60.7 Å². The van der Waals surface area contributed by atoms with Crippen LogP contribution in [-0.2, 0) is 28.4 Å². The van der Waals surface area contributed by atoms with E-state index in [9.17, 15) is 28.6 Å². The number of hydrogen-bond donors (Lipinski definition) is 3. The van der Waals surface area contributed by atoms with Crippen LogP contribution in [0.4, 0.5) is 4.79 Å². The van der Waals surface area contributed by atoms with E-state index in [2.05, 4.69) is 0 Å². The second-order valence-electron chi connectivity index (χ2n) is 11.5. The van der Waals surface area contributed by atoms with Crippen LogP contribution in [-0.4, -0.2) is 75.5 Å². The number of carboxylic acid groups (broad SMARTS) is 1. The van der Waals surface area contributed by atoms with Gasteiger partial charge in [0.1, 0.15) is 18.2 Å². The van der Waals surface area contributed by atoms with E-state index in [1.54, 1.807) is 20.8 Å². The van der Waals surface area contributed by atoms with E-state index < -0.39 is 73.2 Å². The van der Waals surface area contributed by atoms with Crippen molar-refractivity contribution in [3.8, 4) is 0 Å². The van der Waals surface area contributed by atoms with E-state index in [4.69, 9.17) is 20.3 Å². The first-order valence-corrected chi connectivity index (χ1v) is 15.8.